The van der Waals surface area contributed by atoms with Gasteiger partial charge in [-0.1, -0.05) is 25.7 Å². The van der Waals surface area contributed by atoms with Crippen LogP contribution in [0.3, 0.4) is 0 Å². The van der Waals surface area contributed by atoms with Crippen LogP contribution in [-0.4, -0.2) is 68.1 Å². The van der Waals surface area contributed by atoms with E-state index in [1.54, 1.807) is 13.3 Å². The second kappa shape index (κ2) is 9.30. The van der Waals surface area contributed by atoms with Gasteiger partial charge in [-0.3, -0.25) is 4.90 Å². The molecule has 0 unspecified atom stereocenters. The standard InChI is InChI=1S/C18H31N3O4S/c1-24-11-10-21-16(15-20-8-12-25-13-9-20)14-19-18(21)26(22,23)17-6-4-2-3-5-7-17/h14,17H,2-13,15H2,1H3. The molecule has 0 aromatic carbocycles. The molecule has 0 amide bonds. The molecule has 26 heavy (non-hydrogen) atoms. The molecule has 2 fully saturated rings. The van der Waals surface area contributed by atoms with Gasteiger partial charge >= 0.3 is 0 Å². The molecule has 3 rings (SSSR count). The van der Waals surface area contributed by atoms with E-state index in [1.807, 2.05) is 4.57 Å². The van der Waals surface area contributed by atoms with Gasteiger partial charge in [0.1, 0.15) is 0 Å². The van der Waals surface area contributed by atoms with Crippen molar-refractivity contribution in [3.8, 4) is 0 Å². The highest BCUT2D eigenvalue weighted by Crippen LogP contribution is 2.28. The van der Waals surface area contributed by atoms with Crippen LogP contribution in [0.2, 0.25) is 0 Å². The molecule has 0 bridgehead atoms. The van der Waals surface area contributed by atoms with Crippen molar-refractivity contribution in [2.75, 3.05) is 40.0 Å². The van der Waals surface area contributed by atoms with Gasteiger partial charge in [0, 0.05) is 33.3 Å². The summed E-state index contributed by atoms with van der Waals surface area (Å²) in [5, 5.41) is -0.0744. The summed E-state index contributed by atoms with van der Waals surface area (Å²) >= 11 is 0. The lowest BCUT2D eigenvalue weighted by Gasteiger charge is -2.27. The molecule has 1 aromatic rings. The van der Waals surface area contributed by atoms with Gasteiger partial charge < -0.3 is 14.0 Å². The zero-order valence-corrected chi connectivity index (χ0v) is 16.5. The fraction of sp³-hybridized carbons (Fsp3) is 0.833. The first-order chi connectivity index (χ1) is 12.6. The summed E-state index contributed by atoms with van der Waals surface area (Å²) in [4.78, 5) is 6.66. The molecular weight excluding hydrogens is 354 g/mol. The number of hydrogen-bond acceptors (Lipinski definition) is 6. The molecule has 1 aliphatic heterocycles. The Labute approximate surface area is 156 Å². The number of nitrogens with zero attached hydrogens (tertiary/aromatic N) is 3. The summed E-state index contributed by atoms with van der Waals surface area (Å²) in [6.45, 7) is 4.84. The van der Waals surface area contributed by atoms with Crippen molar-refractivity contribution in [1.82, 2.24) is 14.5 Å². The van der Waals surface area contributed by atoms with Crippen LogP contribution in [0.4, 0.5) is 0 Å². The number of sulfone groups is 1. The highest BCUT2D eigenvalue weighted by atomic mass is 32.2. The quantitative estimate of drug-likeness (QED) is 0.667. The third-order valence-electron chi connectivity index (χ3n) is 5.41. The summed E-state index contributed by atoms with van der Waals surface area (Å²) in [6.07, 6.45) is 7.47. The maximum Gasteiger partial charge on any atom is 0.228 e. The lowest BCUT2D eigenvalue weighted by atomic mass is 10.2. The Morgan fingerprint density at radius 2 is 1.88 bits per heavy atom. The fourth-order valence-corrected chi connectivity index (χ4v) is 5.82. The van der Waals surface area contributed by atoms with E-state index in [0.717, 1.165) is 70.5 Å². The highest BCUT2D eigenvalue weighted by molar-refractivity contribution is 7.91. The highest BCUT2D eigenvalue weighted by Gasteiger charge is 2.33. The summed E-state index contributed by atoms with van der Waals surface area (Å²) < 4.78 is 39.0. The monoisotopic (exact) mass is 385 g/mol. The Morgan fingerprint density at radius 1 is 1.19 bits per heavy atom. The molecule has 148 valence electrons. The number of morpholine rings is 1. The van der Waals surface area contributed by atoms with Gasteiger partial charge in [-0.15, -0.1) is 0 Å². The molecule has 1 aliphatic carbocycles. The maximum atomic E-state index is 13.3. The molecule has 1 saturated carbocycles. The SMILES string of the molecule is COCCn1c(CN2CCOCC2)cnc1S(=O)(=O)C1CCCCCC1. The van der Waals surface area contributed by atoms with Crippen molar-refractivity contribution in [2.24, 2.45) is 0 Å². The Hall–Kier alpha value is -0.960. The van der Waals surface area contributed by atoms with E-state index in [9.17, 15) is 8.42 Å². The molecule has 0 spiro atoms. The van der Waals surface area contributed by atoms with E-state index >= 15 is 0 Å². The maximum absolute atomic E-state index is 13.3. The zero-order chi connectivity index (χ0) is 18.4. The predicted molar refractivity (Wildman–Crippen MR) is 98.9 cm³/mol. The van der Waals surface area contributed by atoms with Crippen LogP contribution >= 0.6 is 0 Å². The number of methoxy groups -OCH3 is 1. The van der Waals surface area contributed by atoms with E-state index in [-0.39, 0.29) is 10.4 Å². The third-order valence-corrected chi connectivity index (χ3v) is 7.59. The Kier molecular flexibility index (Phi) is 7.08. The number of aromatic nitrogens is 2. The van der Waals surface area contributed by atoms with Crippen molar-refractivity contribution >= 4 is 9.84 Å². The minimum atomic E-state index is -3.41. The van der Waals surface area contributed by atoms with Gasteiger partial charge in [0.2, 0.25) is 15.0 Å². The second-order valence-corrected chi connectivity index (χ2v) is 9.35. The summed E-state index contributed by atoms with van der Waals surface area (Å²) in [5.74, 6) is 0. The summed E-state index contributed by atoms with van der Waals surface area (Å²) in [7, 11) is -1.78. The first-order valence-corrected chi connectivity index (χ1v) is 11.2. The lowest BCUT2D eigenvalue weighted by molar-refractivity contribution is 0.0329. The van der Waals surface area contributed by atoms with E-state index in [4.69, 9.17) is 9.47 Å². The van der Waals surface area contributed by atoms with Crippen LogP contribution in [-0.2, 0) is 32.4 Å². The predicted octanol–water partition coefficient (Wildman–Crippen LogP) is 1.86. The van der Waals surface area contributed by atoms with Gasteiger partial charge in [-0.2, -0.15) is 0 Å². The van der Waals surface area contributed by atoms with Crippen LogP contribution in [0.5, 0.6) is 0 Å². The van der Waals surface area contributed by atoms with Crippen LogP contribution in [0.15, 0.2) is 11.4 Å². The smallest absolute Gasteiger partial charge is 0.228 e. The Balaban J connectivity index is 1.84. The van der Waals surface area contributed by atoms with Gasteiger partial charge in [0.05, 0.1) is 37.0 Å². The molecule has 2 aliphatic rings. The van der Waals surface area contributed by atoms with Crippen molar-refractivity contribution in [1.29, 1.82) is 0 Å². The van der Waals surface area contributed by atoms with Crippen molar-refractivity contribution < 1.29 is 17.9 Å². The van der Waals surface area contributed by atoms with Crippen molar-refractivity contribution in [2.45, 2.75) is 62.0 Å². The first-order valence-electron chi connectivity index (χ1n) is 9.70. The van der Waals surface area contributed by atoms with Crippen LogP contribution in [0, 0.1) is 0 Å². The molecule has 2 heterocycles. The van der Waals surface area contributed by atoms with Crippen LogP contribution < -0.4 is 0 Å². The number of hydrogen-bond donors (Lipinski definition) is 0. The zero-order valence-electron chi connectivity index (χ0n) is 15.7. The lowest BCUT2D eigenvalue weighted by Crippen LogP contribution is -2.36. The molecule has 8 heteroatoms. The normalized spacial score (nSPS) is 21.0. The molecule has 7 nitrogen and oxygen atoms in total. The fourth-order valence-electron chi connectivity index (χ4n) is 3.86. The van der Waals surface area contributed by atoms with Crippen molar-refractivity contribution in [3.63, 3.8) is 0 Å². The van der Waals surface area contributed by atoms with Crippen LogP contribution in [0.25, 0.3) is 0 Å². The largest absolute Gasteiger partial charge is 0.383 e. The average molecular weight is 386 g/mol. The Morgan fingerprint density at radius 3 is 2.54 bits per heavy atom. The minimum Gasteiger partial charge on any atom is -0.383 e. The van der Waals surface area contributed by atoms with E-state index in [0.29, 0.717) is 19.7 Å². The second-order valence-electron chi connectivity index (χ2n) is 7.22. The molecule has 1 aromatic heterocycles. The average Bonchev–Trinajstić information content (AvgIpc) is 2.85. The number of ether oxygens (including phenoxy) is 2. The van der Waals surface area contributed by atoms with E-state index in [2.05, 4.69) is 9.88 Å². The molecule has 0 radical (unpaired) electrons. The molecular formula is C18H31N3O4S. The van der Waals surface area contributed by atoms with E-state index < -0.39 is 9.84 Å². The Bertz CT molecular complexity index is 660. The van der Waals surface area contributed by atoms with Gasteiger partial charge in [0.25, 0.3) is 0 Å². The summed E-state index contributed by atoms with van der Waals surface area (Å²) in [6, 6.07) is 0. The minimum absolute atomic E-state index is 0.227. The van der Waals surface area contributed by atoms with E-state index in [1.165, 1.54) is 0 Å². The topological polar surface area (TPSA) is 73.7 Å². The van der Waals surface area contributed by atoms with Gasteiger partial charge in [-0.05, 0) is 12.8 Å². The summed E-state index contributed by atoms with van der Waals surface area (Å²) in [5.41, 5.74) is 0.941. The first kappa shape index (κ1) is 19.8. The molecule has 0 atom stereocenters. The van der Waals surface area contributed by atoms with Gasteiger partial charge in [0.15, 0.2) is 0 Å². The molecule has 0 N–H and O–H groups in total. The van der Waals surface area contributed by atoms with Gasteiger partial charge in [-0.25, -0.2) is 13.4 Å². The third kappa shape index (κ3) is 4.65. The number of rotatable bonds is 7. The van der Waals surface area contributed by atoms with Crippen LogP contribution in [0.1, 0.15) is 44.2 Å². The van der Waals surface area contributed by atoms with Crippen molar-refractivity contribution in [3.05, 3.63) is 11.9 Å². The molecule has 1 saturated heterocycles. The number of imidazole rings is 1.